The van der Waals surface area contributed by atoms with Crippen molar-refractivity contribution in [2.75, 3.05) is 11.9 Å². The molecule has 1 saturated heterocycles. The fourth-order valence-electron chi connectivity index (χ4n) is 2.37. The standard InChI is InChI=1S/C15H16ClN3O2S.ClH/c16-10-3-1-2-9(6-10)12-8-22-15(18-12)19-14(20)13-5-4-11(7-17)21-13;/h1-3,6,8,11,13H,4-5,7,17H2,(H,18,19,20);1H/t11-,13+;/m1./s1. The predicted octanol–water partition coefficient (Wildman–Crippen LogP) is 3.33. The Kier molecular flexibility index (Phi) is 6.38. The number of anilines is 1. The van der Waals surface area contributed by atoms with Crippen LogP contribution in [0.4, 0.5) is 5.13 Å². The van der Waals surface area contributed by atoms with Crippen molar-refractivity contribution in [2.24, 2.45) is 5.73 Å². The zero-order chi connectivity index (χ0) is 15.5. The molecule has 8 heteroatoms. The summed E-state index contributed by atoms with van der Waals surface area (Å²) < 4.78 is 5.57. The van der Waals surface area contributed by atoms with Gasteiger partial charge in [-0.3, -0.25) is 10.1 Å². The topological polar surface area (TPSA) is 77.2 Å². The zero-order valence-corrected chi connectivity index (χ0v) is 14.6. The minimum absolute atomic E-state index is 0. The van der Waals surface area contributed by atoms with Crippen molar-refractivity contribution in [1.29, 1.82) is 0 Å². The van der Waals surface area contributed by atoms with Crippen molar-refractivity contribution in [3.63, 3.8) is 0 Å². The summed E-state index contributed by atoms with van der Waals surface area (Å²) in [4.78, 5) is 16.6. The largest absolute Gasteiger partial charge is 0.364 e. The number of ether oxygens (including phenoxy) is 1. The maximum absolute atomic E-state index is 12.1. The van der Waals surface area contributed by atoms with E-state index in [9.17, 15) is 4.79 Å². The summed E-state index contributed by atoms with van der Waals surface area (Å²) >= 11 is 7.36. The lowest BCUT2D eigenvalue weighted by molar-refractivity contribution is -0.126. The number of hydrogen-bond acceptors (Lipinski definition) is 5. The van der Waals surface area contributed by atoms with Crippen LogP contribution in [0.2, 0.25) is 5.02 Å². The fraction of sp³-hybridized carbons (Fsp3) is 0.333. The average molecular weight is 374 g/mol. The first kappa shape index (κ1) is 18.2. The van der Waals surface area contributed by atoms with E-state index in [1.54, 1.807) is 0 Å². The number of carbonyl (C=O) groups excluding carboxylic acids is 1. The number of amides is 1. The first-order valence-corrected chi connectivity index (χ1v) is 8.29. The van der Waals surface area contributed by atoms with Crippen molar-refractivity contribution in [1.82, 2.24) is 4.98 Å². The van der Waals surface area contributed by atoms with Crippen LogP contribution in [0.1, 0.15) is 12.8 Å². The van der Waals surface area contributed by atoms with Gasteiger partial charge in [0, 0.05) is 22.5 Å². The van der Waals surface area contributed by atoms with Crippen LogP contribution in [0.15, 0.2) is 29.6 Å². The Hall–Kier alpha value is -1.18. The second-order valence-electron chi connectivity index (χ2n) is 5.10. The third-order valence-corrected chi connectivity index (χ3v) is 4.51. The molecular weight excluding hydrogens is 357 g/mol. The number of halogens is 2. The smallest absolute Gasteiger partial charge is 0.255 e. The molecule has 2 atom stereocenters. The predicted molar refractivity (Wildman–Crippen MR) is 95.4 cm³/mol. The number of carbonyl (C=O) groups is 1. The maximum atomic E-state index is 12.1. The number of nitrogens with two attached hydrogens (primary N) is 1. The number of thiazole rings is 1. The molecule has 0 aliphatic carbocycles. The van der Waals surface area contributed by atoms with Gasteiger partial charge in [-0.05, 0) is 25.0 Å². The lowest BCUT2D eigenvalue weighted by Crippen LogP contribution is -2.29. The zero-order valence-electron chi connectivity index (χ0n) is 12.2. The number of benzene rings is 1. The molecule has 2 aromatic rings. The molecule has 1 fully saturated rings. The lowest BCUT2D eigenvalue weighted by Gasteiger charge is -2.11. The van der Waals surface area contributed by atoms with Gasteiger partial charge in [0.25, 0.3) is 5.91 Å². The van der Waals surface area contributed by atoms with Gasteiger partial charge in [-0.2, -0.15) is 0 Å². The molecule has 1 aliphatic heterocycles. The Morgan fingerprint density at radius 3 is 3.00 bits per heavy atom. The number of nitrogens with one attached hydrogen (secondary N) is 1. The van der Waals surface area contributed by atoms with Crippen LogP contribution in [-0.4, -0.2) is 29.6 Å². The highest BCUT2D eigenvalue weighted by molar-refractivity contribution is 7.14. The molecule has 1 aromatic heterocycles. The van der Waals surface area contributed by atoms with Gasteiger partial charge in [0.1, 0.15) is 6.10 Å². The van der Waals surface area contributed by atoms with Crippen LogP contribution in [0.5, 0.6) is 0 Å². The Morgan fingerprint density at radius 2 is 2.30 bits per heavy atom. The van der Waals surface area contributed by atoms with E-state index >= 15 is 0 Å². The van der Waals surface area contributed by atoms with Crippen LogP contribution >= 0.6 is 35.3 Å². The Morgan fingerprint density at radius 1 is 1.48 bits per heavy atom. The molecule has 124 valence electrons. The number of nitrogens with zero attached hydrogens (tertiary/aromatic N) is 1. The molecule has 2 heterocycles. The highest BCUT2D eigenvalue weighted by atomic mass is 35.5. The molecule has 23 heavy (non-hydrogen) atoms. The van der Waals surface area contributed by atoms with Crippen molar-refractivity contribution in [3.05, 3.63) is 34.7 Å². The van der Waals surface area contributed by atoms with E-state index in [4.69, 9.17) is 22.1 Å². The second kappa shape index (κ2) is 8.08. The third-order valence-electron chi connectivity index (χ3n) is 3.52. The second-order valence-corrected chi connectivity index (χ2v) is 6.39. The molecule has 0 unspecified atom stereocenters. The average Bonchev–Trinajstić information content (AvgIpc) is 3.16. The molecule has 1 amide bonds. The van der Waals surface area contributed by atoms with E-state index in [1.165, 1.54) is 11.3 Å². The summed E-state index contributed by atoms with van der Waals surface area (Å²) in [5.74, 6) is -0.164. The van der Waals surface area contributed by atoms with Gasteiger partial charge in [-0.25, -0.2) is 4.98 Å². The van der Waals surface area contributed by atoms with E-state index in [0.717, 1.165) is 17.7 Å². The molecule has 0 bridgehead atoms. The summed E-state index contributed by atoms with van der Waals surface area (Å²) in [5.41, 5.74) is 7.26. The third kappa shape index (κ3) is 4.43. The molecule has 0 radical (unpaired) electrons. The molecule has 0 spiro atoms. The van der Waals surface area contributed by atoms with Crippen LogP contribution in [0.25, 0.3) is 11.3 Å². The van der Waals surface area contributed by atoms with Crippen LogP contribution in [0, 0.1) is 0 Å². The highest BCUT2D eigenvalue weighted by Crippen LogP contribution is 2.27. The first-order valence-electron chi connectivity index (χ1n) is 7.03. The summed E-state index contributed by atoms with van der Waals surface area (Å²) in [6, 6.07) is 7.45. The maximum Gasteiger partial charge on any atom is 0.255 e. The van der Waals surface area contributed by atoms with E-state index in [2.05, 4.69) is 10.3 Å². The van der Waals surface area contributed by atoms with Gasteiger partial charge in [0.15, 0.2) is 5.13 Å². The Balaban J connectivity index is 0.00000192. The molecule has 5 nitrogen and oxygen atoms in total. The van der Waals surface area contributed by atoms with Crippen molar-refractivity contribution >= 4 is 46.4 Å². The Labute approximate surface area is 149 Å². The molecule has 0 saturated carbocycles. The minimum atomic E-state index is -0.438. The van der Waals surface area contributed by atoms with Crippen LogP contribution in [0.3, 0.4) is 0 Å². The molecule has 1 aliphatic rings. The van der Waals surface area contributed by atoms with E-state index < -0.39 is 6.10 Å². The molecule has 3 N–H and O–H groups in total. The summed E-state index contributed by atoms with van der Waals surface area (Å²) in [6.07, 6.45) is 1.06. The SMILES string of the molecule is Cl.NC[C@H]1CC[C@@H](C(=O)Nc2nc(-c3cccc(Cl)c3)cs2)O1. The van der Waals surface area contributed by atoms with Gasteiger partial charge in [-0.1, -0.05) is 23.7 Å². The minimum Gasteiger partial charge on any atom is -0.364 e. The van der Waals surface area contributed by atoms with Gasteiger partial charge in [0.05, 0.1) is 11.8 Å². The van der Waals surface area contributed by atoms with Crippen molar-refractivity contribution < 1.29 is 9.53 Å². The number of aromatic nitrogens is 1. The summed E-state index contributed by atoms with van der Waals surface area (Å²) in [6.45, 7) is 0.444. The lowest BCUT2D eigenvalue weighted by atomic mass is 10.2. The number of hydrogen-bond donors (Lipinski definition) is 2. The van der Waals surface area contributed by atoms with Gasteiger partial charge >= 0.3 is 0 Å². The highest BCUT2D eigenvalue weighted by Gasteiger charge is 2.30. The van der Waals surface area contributed by atoms with Gasteiger partial charge in [-0.15, -0.1) is 23.7 Å². The van der Waals surface area contributed by atoms with Crippen molar-refractivity contribution in [3.8, 4) is 11.3 Å². The van der Waals surface area contributed by atoms with Crippen LogP contribution < -0.4 is 11.1 Å². The van der Waals surface area contributed by atoms with Gasteiger partial charge < -0.3 is 10.5 Å². The summed E-state index contributed by atoms with van der Waals surface area (Å²) in [7, 11) is 0. The monoisotopic (exact) mass is 373 g/mol. The van der Waals surface area contributed by atoms with Crippen molar-refractivity contribution in [2.45, 2.75) is 25.0 Å². The molecular formula is C15H17Cl2N3O2S. The van der Waals surface area contributed by atoms with E-state index in [-0.39, 0.29) is 24.4 Å². The molecule has 1 aromatic carbocycles. The summed E-state index contributed by atoms with van der Waals surface area (Å²) in [5, 5.41) is 5.90. The van der Waals surface area contributed by atoms with Gasteiger partial charge in [0.2, 0.25) is 0 Å². The number of rotatable bonds is 4. The first-order chi connectivity index (χ1) is 10.7. The normalized spacial score (nSPS) is 20.1. The van der Waals surface area contributed by atoms with E-state index in [0.29, 0.717) is 23.1 Å². The molecule has 3 rings (SSSR count). The van der Waals surface area contributed by atoms with E-state index in [1.807, 2.05) is 29.6 Å². The quantitative estimate of drug-likeness (QED) is 0.861. The Bertz CT molecular complexity index is 680. The fourth-order valence-corrected chi connectivity index (χ4v) is 3.28. The van der Waals surface area contributed by atoms with Crippen LogP contribution in [-0.2, 0) is 9.53 Å².